The third-order valence-electron chi connectivity index (χ3n) is 2.95. The van der Waals surface area contributed by atoms with E-state index in [9.17, 15) is 31.1 Å². The molecule has 0 bridgehead atoms. The lowest BCUT2D eigenvalue weighted by Gasteiger charge is -2.09. The Morgan fingerprint density at radius 2 is 1.81 bits per heavy atom. The van der Waals surface area contributed by atoms with Gasteiger partial charge in [0.25, 0.3) is 5.91 Å². The number of hydrazone groups is 1. The van der Waals surface area contributed by atoms with Crippen LogP contribution in [0.1, 0.15) is 26.5 Å². The lowest BCUT2D eigenvalue weighted by Crippen LogP contribution is -2.21. The molecule has 0 spiro atoms. The molecule has 0 fully saturated rings. The molecule has 2 aromatic rings. The number of halogens is 6. The number of amides is 1. The summed E-state index contributed by atoms with van der Waals surface area (Å²) < 4.78 is 77.2. The van der Waals surface area contributed by atoms with Crippen LogP contribution in [0.3, 0.4) is 0 Å². The van der Waals surface area contributed by atoms with Gasteiger partial charge in [0.2, 0.25) is 0 Å². The van der Waals surface area contributed by atoms with Crippen LogP contribution in [0, 0.1) is 0 Å². The van der Waals surface area contributed by atoms with Gasteiger partial charge in [-0.15, -0.1) is 0 Å². The third-order valence-corrected chi connectivity index (χ3v) is 4.02. The number of carbonyl (C=O) groups is 1. The Hall–Kier alpha value is -2.63. The SMILES string of the molecule is CNc1nc(C(F)(F)F)c(C(=O)N/N=C/c2ccccc2C(F)(F)F)s1. The molecule has 5 nitrogen and oxygen atoms in total. The molecule has 1 aromatic carbocycles. The zero-order chi connectivity index (χ0) is 19.5. The van der Waals surface area contributed by atoms with Crippen LogP contribution in [-0.2, 0) is 12.4 Å². The molecule has 0 aliphatic rings. The second kappa shape index (κ2) is 7.32. The van der Waals surface area contributed by atoms with Crippen LogP contribution in [0.5, 0.6) is 0 Å². The molecular weight excluding hydrogens is 386 g/mol. The smallest absolute Gasteiger partial charge is 0.365 e. The zero-order valence-electron chi connectivity index (χ0n) is 12.9. The summed E-state index contributed by atoms with van der Waals surface area (Å²) in [5.74, 6) is -1.24. The summed E-state index contributed by atoms with van der Waals surface area (Å²) in [5.41, 5.74) is -0.972. The maximum Gasteiger partial charge on any atom is 0.435 e. The fraction of sp³-hybridized carbons (Fsp3) is 0.214. The van der Waals surface area contributed by atoms with E-state index >= 15 is 0 Å². The van der Waals surface area contributed by atoms with Crippen molar-refractivity contribution >= 4 is 28.6 Å². The van der Waals surface area contributed by atoms with Gasteiger partial charge < -0.3 is 5.32 Å². The molecule has 2 N–H and O–H groups in total. The van der Waals surface area contributed by atoms with Gasteiger partial charge >= 0.3 is 12.4 Å². The summed E-state index contributed by atoms with van der Waals surface area (Å²) in [6.07, 6.45) is -8.81. The highest BCUT2D eigenvalue weighted by atomic mass is 32.1. The average molecular weight is 396 g/mol. The van der Waals surface area contributed by atoms with Crippen molar-refractivity contribution in [1.82, 2.24) is 10.4 Å². The van der Waals surface area contributed by atoms with Gasteiger partial charge in [-0.1, -0.05) is 29.5 Å². The Balaban J connectivity index is 2.23. The zero-order valence-corrected chi connectivity index (χ0v) is 13.7. The number of hydrogen-bond acceptors (Lipinski definition) is 5. The Kier molecular flexibility index (Phi) is 5.54. The molecule has 2 rings (SSSR count). The lowest BCUT2D eigenvalue weighted by atomic mass is 10.1. The van der Waals surface area contributed by atoms with E-state index in [0.717, 1.165) is 12.1 Å². The van der Waals surface area contributed by atoms with E-state index in [4.69, 9.17) is 0 Å². The van der Waals surface area contributed by atoms with Crippen LogP contribution in [0.25, 0.3) is 0 Å². The molecule has 1 heterocycles. The predicted molar refractivity (Wildman–Crippen MR) is 83.2 cm³/mol. The van der Waals surface area contributed by atoms with Crippen molar-refractivity contribution in [1.29, 1.82) is 0 Å². The normalized spacial score (nSPS) is 12.4. The van der Waals surface area contributed by atoms with Crippen LogP contribution in [0.2, 0.25) is 0 Å². The van der Waals surface area contributed by atoms with Gasteiger partial charge in [-0.25, -0.2) is 10.4 Å². The first kappa shape index (κ1) is 19.7. The van der Waals surface area contributed by atoms with Gasteiger partial charge in [-0.05, 0) is 6.07 Å². The first-order chi connectivity index (χ1) is 12.0. The fourth-order valence-electron chi connectivity index (χ4n) is 1.85. The minimum absolute atomic E-state index is 0.145. The summed E-state index contributed by atoms with van der Waals surface area (Å²) in [6, 6.07) is 4.41. The number of thiazole rings is 1. The van der Waals surface area contributed by atoms with Crippen LogP contribution in [0.15, 0.2) is 29.4 Å². The minimum Gasteiger partial charge on any atom is -0.365 e. The van der Waals surface area contributed by atoms with Crippen molar-refractivity contribution in [2.75, 3.05) is 12.4 Å². The van der Waals surface area contributed by atoms with Crippen molar-refractivity contribution < 1.29 is 31.1 Å². The molecule has 0 saturated carbocycles. The van der Waals surface area contributed by atoms with Crippen molar-refractivity contribution in [3.63, 3.8) is 0 Å². The standard InChI is InChI=1S/C14H10F6N4OS/c1-21-12-23-10(14(18,19)20)9(26-12)11(25)24-22-6-7-4-2-3-5-8(7)13(15,16)17/h2-6H,1H3,(H,21,23)(H,24,25)/b22-6+. The number of hydrogen-bond donors (Lipinski definition) is 2. The van der Waals surface area contributed by atoms with Crippen LogP contribution < -0.4 is 10.7 Å². The van der Waals surface area contributed by atoms with E-state index in [2.05, 4.69) is 15.4 Å². The van der Waals surface area contributed by atoms with Gasteiger partial charge in [0.05, 0.1) is 11.8 Å². The van der Waals surface area contributed by atoms with E-state index < -0.39 is 34.4 Å². The monoisotopic (exact) mass is 396 g/mol. The summed E-state index contributed by atoms with van der Waals surface area (Å²) >= 11 is 0.440. The van der Waals surface area contributed by atoms with Crippen LogP contribution >= 0.6 is 11.3 Å². The number of aromatic nitrogens is 1. The molecule has 1 amide bonds. The largest absolute Gasteiger partial charge is 0.435 e. The molecule has 12 heteroatoms. The topological polar surface area (TPSA) is 66.4 Å². The number of nitrogens with one attached hydrogen (secondary N) is 2. The minimum atomic E-state index is -4.87. The van der Waals surface area contributed by atoms with Crippen molar-refractivity contribution in [3.05, 3.63) is 46.0 Å². The first-order valence-electron chi connectivity index (χ1n) is 6.79. The summed E-state index contributed by atoms with van der Waals surface area (Å²) in [6.45, 7) is 0. The number of rotatable bonds is 4. The van der Waals surface area contributed by atoms with E-state index in [0.29, 0.717) is 17.6 Å². The Morgan fingerprint density at radius 3 is 2.38 bits per heavy atom. The number of alkyl halides is 6. The van der Waals surface area contributed by atoms with Gasteiger partial charge in [0, 0.05) is 12.6 Å². The van der Waals surface area contributed by atoms with E-state index in [-0.39, 0.29) is 10.7 Å². The molecule has 1 aromatic heterocycles. The van der Waals surface area contributed by atoms with E-state index in [1.54, 1.807) is 5.43 Å². The Labute approximate surface area is 146 Å². The maximum absolute atomic E-state index is 12.9. The van der Waals surface area contributed by atoms with Gasteiger partial charge in [0.15, 0.2) is 10.8 Å². The molecule has 0 unspecified atom stereocenters. The highest BCUT2D eigenvalue weighted by molar-refractivity contribution is 7.17. The molecule has 26 heavy (non-hydrogen) atoms. The van der Waals surface area contributed by atoms with E-state index in [1.807, 2.05) is 0 Å². The highest BCUT2D eigenvalue weighted by Gasteiger charge is 2.39. The summed E-state index contributed by atoms with van der Waals surface area (Å²) in [4.78, 5) is 14.4. The number of anilines is 1. The third kappa shape index (κ3) is 4.50. The molecule has 0 radical (unpaired) electrons. The van der Waals surface area contributed by atoms with Crippen molar-refractivity contribution in [2.24, 2.45) is 5.10 Å². The first-order valence-corrected chi connectivity index (χ1v) is 7.61. The van der Waals surface area contributed by atoms with Crippen LogP contribution in [0.4, 0.5) is 31.5 Å². The molecule has 0 saturated heterocycles. The highest BCUT2D eigenvalue weighted by Crippen LogP contribution is 2.36. The summed E-state index contributed by atoms with van der Waals surface area (Å²) in [7, 11) is 1.33. The molecule has 0 aliphatic carbocycles. The van der Waals surface area contributed by atoms with Gasteiger partial charge in [0.1, 0.15) is 4.88 Å². The Bertz CT molecular complexity index is 828. The second-order valence-corrected chi connectivity index (χ2v) is 5.73. The van der Waals surface area contributed by atoms with Crippen LogP contribution in [-0.4, -0.2) is 24.2 Å². The average Bonchev–Trinajstić information content (AvgIpc) is 2.99. The molecule has 0 atom stereocenters. The van der Waals surface area contributed by atoms with Crippen molar-refractivity contribution in [2.45, 2.75) is 12.4 Å². The second-order valence-electron chi connectivity index (χ2n) is 4.73. The predicted octanol–water partition coefficient (Wildman–Crippen LogP) is 3.99. The van der Waals surface area contributed by atoms with Crippen molar-refractivity contribution in [3.8, 4) is 0 Å². The lowest BCUT2D eigenvalue weighted by molar-refractivity contribution is -0.141. The molecule has 140 valence electrons. The molecular formula is C14H10F6N4OS. The summed E-state index contributed by atoms with van der Waals surface area (Å²) in [5, 5.41) is 5.56. The fourth-order valence-corrected chi connectivity index (χ4v) is 2.68. The quantitative estimate of drug-likeness (QED) is 0.467. The maximum atomic E-state index is 12.9. The van der Waals surface area contributed by atoms with E-state index in [1.165, 1.54) is 19.2 Å². The number of carbonyl (C=O) groups excluding carboxylic acids is 1. The van der Waals surface area contributed by atoms with Gasteiger partial charge in [-0.2, -0.15) is 31.4 Å². The number of benzene rings is 1. The number of nitrogens with zero attached hydrogens (tertiary/aromatic N) is 2. The Morgan fingerprint density at radius 1 is 1.15 bits per heavy atom. The molecule has 0 aliphatic heterocycles. The van der Waals surface area contributed by atoms with Gasteiger partial charge in [-0.3, -0.25) is 4.79 Å².